The molecule has 5 nitrogen and oxygen atoms in total. The van der Waals surface area contributed by atoms with E-state index in [2.05, 4.69) is 30.7 Å². The Kier molecular flexibility index (Phi) is 5.20. The number of hydrogen-bond donors (Lipinski definition) is 1. The van der Waals surface area contributed by atoms with E-state index in [4.69, 9.17) is 15.2 Å². The molecular weight excluding hydrogens is 334 g/mol. The maximum Gasteiger partial charge on any atom is 0.274 e. The summed E-state index contributed by atoms with van der Waals surface area (Å²) in [4.78, 5) is 8.67. The molecule has 0 saturated carbocycles. The average molecular weight is 357 g/mol. The molecule has 0 aliphatic rings. The Balaban J connectivity index is 1.52. The summed E-state index contributed by atoms with van der Waals surface area (Å²) < 4.78 is 12.6. The van der Waals surface area contributed by atoms with Gasteiger partial charge in [0.05, 0.1) is 22.5 Å². The number of fused-ring (bicyclic) bond motifs is 1. The zero-order valence-corrected chi connectivity index (χ0v) is 15.5. The van der Waals surface area contributed by atoms with Crippen molar-refractivity contribution < 1.29 is 9.47 Å². The molecule has 0 unspecified atom stereocenters. The zero-order chi connectivity index (χ0) is 17.9. The number of benzene rings is 1. The van der Waals surface area contributed by atoms with Crippen LogP contribution in [0.5, 0.6) is 10.9 Å². The molecule has 25 heavy (non-hydrogen) atoms. The van der Waals surface area contributed by atoms with E-state index in [0.29, 0.717) is 18.4 Å². The van der Waals surface area contributed by atoms with Crippen LogP contribution in [0.4, 0.5) is 0 Å². The van der Waals surface area contributed by atoms with Crippen LogP contribution in [0.15, 0.2) is 42.7 Å². The number of para-hydroxylation sites is 1. The lowest BCUT2D eigenvalue weighted by atomic mass is 9.88. The van der Waals surface area contributed by atoms with Gasteiger partial charge in [-0.2, -0.15) is 0 Å². The van der Waals surface area contributed by atoms with Gasteiger partial charge in [-0.25, -0.2) is 4.98 Å². The van der Waals surface area contributed by atoms with E-state index in [-0.39, 0.29) is 11.5 Å². The highest BCUT2D eigenvalue weighted by Crippen LogP contribution is 2.27. The van der Waals surface area contributed by atoms with Crippen molar-refractivity contribution in [1.82, 2.24) is 9.97 Å². The van der Waals surface area contributed by atoms with Crippen LogP contribution in [-0.2, 0) is 5.41 Å². The number of hydrogen-bond acceptors (Lipinski definition) is 6. The lowest BCUT2D eigenvalue weighted by Gasteiger charge is -2.19. The molecule has 2 heterocycles. The fourth-order valence-corrected chi connectivity index (χ4v) is 3.07. The summed E-state index contributed by atoms with van der Waals surface area (Å²) in [5.41, 5.74) is 8.20. The molecular formula is C19H23N3O2S. The molecule has 2 aromatic heterocycles. The monoisotopic (exact) mass is 357 g/mol. The number of thiazole rings is 1. The first kappa shape index (κ1) is 17.6. The lowest BCUT2D eigenvalue weighted by molar-refractivity contribution is 0.219. The summed E-state index contributed by atoms with van der Waals surface area (Å²) in [6.45, 7) is 7.15. The van der Waals surface area contributed by atoms with Crippen molar-refractivity contribution in [1.29, 1.82) is 0 Å². The molecule has 1 aromatic carbocycles. The fourth-order valence-electron chi connectivity index (χ4n) is 2.25. The standard InChI is InChI=1S/C19H23N3O2S/c1-19(2,3)13-8-15(10-21-9-13)23-11-14(20)12-24-18-22-16-6-4-5-7-17(16)25-18/h4-10,14H,11-12,20H2,1-3H3/t14-/m1/s1. The van der Waals surface area contributed by atoms with Crippen molar-refractivity contribution in [2.24, 2.45) is 5.73 Å². The van der Waals surface area contributed by atoms with Crippen molar-refractivity contribution in [2.45, 2.75) is 32.2 Å². The maximum absolute atomic E-state index is 6.09. The highest BCUT2D eigenvalue weighted by atomic mass is 32.1. The predicted molar refractivity (Wildman–Crippen MR) is 102 cm³/mol. The van der Waals surface area contributed by atoms with Gasteiger partial charge >= 0.3 is 0 Å². The highest BCUT2D eigenvalue weighted by Gasteiger charge is 2.15. The van der Waals surface area contributed by atoms with Crippen molar-refractivity contribution in [3.8, 4) is 10.9 Å². The maximum atomic E-state index is 6.09. The Bertz CT molecular complexity index is 809. The molecule has 0 bridgehead atoms. The molecule has 0 fully saturated rings. The summed E-state index contributed by atoms with van der Waals surface area (Å²) in [5.74, 6) is 0.725. The Labute approximate surface area is 151 Å². The third-order valence-corrected chi connectivity index (χ3v) is 4.69. The Morgan fingerprint density at radius 3 is 2.64 bits per heavy atom. The first-order chi connectivity index (χ1) is 11.9. The molecule has 3 rings (SSSR count). The minimum Gasteiger partial charge on any atom is -0.490 e. The number of nitrogens with two attached hydrogens (primary N) is 1. The largest absolute Gasteiger partial charge is 0.490 e. The molecule has 3 aromatic rings. The van der Waals surface area contributed by atoms with Gasteiger partial charge in [0.2, 0.25) is 0 Å². The van der Waals surface area contributed by atoms with Crippen LogP contribution in [0.2, 0.25) is 0 Å². The second-order valence-corrected chi connectivity index (χ2v) is 7.98. The smallest absolute Gasteiger partial charge is 0.274 e. The SMILES string of the molecule is CC(C)(C)c1cncc(OC[C@@H](N)COc2nc3ccccc3s2)c1. The quantitative estimate of drug-likeness (QED) is 0.727. The van der Waals surface area contributed by atoms with Crippen molar-refractivity contribution in [3.05, 3.63) is 48.3 Å². The third-order valence-electron chi connectivity index (χ3n) is 3.74. The molecule has 0 radical (unpaired) electrons. The molecule has 0 spiro atoms. The van der Waals surface area contributed by atoms with E-state index >= 15 is 0 Å². The molecule has 2 N–H and O–H groups in total. The van der Waals surface area contributed by atoms with Gasteiger partial charge in [-0.1, -0.05) is 44.2 Å². The van der Waals surface area contributed by atoms with Crippen LogP contribution in [0.25, 0.3) is 10.2 Å². The number of pyridine rings is 1. The van der Waals surface area contributed by atoms with Crippen LogP contribution >= 0.6 is 11.3 Å². The first-order valence-electron chi connectivity index (χ1n) is 8.24. The van der Waals surface area contributed by atoms with Gasteiger partial charge in [0.1, 0.15) is 19.0 Å². The summed E-state index contributed by atoms with van der Waals surface area (Å²) in [7, 11) is 0. The van der Waals surface area contributed by atoms with Gasteiger partial charge in [0, 0.05) is 6.20 Å². The van der Waals surface area contributed by atoms with E-state index in [1.807, 2.05) is 36.5 Å². The summed E-state index contributed by atoms with van der Waals surface area (Å²) in [5, 5.41) is 0.632. The summed E-state index contributed by atoms with van der Waals surface area (Å²) in [6, 6.07) is 9.71. The van der Waals surface area contributed by atoms with Crippen LogP contribution in [0.3, 0.4) is 0 Å². The van der Waals surface area contributed by atoms with E-state index in [1.165, 1.54) is 11.3 Å². The van der Waals surface area contributed by atoms with E-state index in [9.17, 15) is 0 Å². The fraction of sp³-hybridized carbons (Fsp3) is 0.368. The van der Waals surface area contributed by atoms with Gasteiger partial charge in [0.15, 0.2) is 0 Å². The van der Waals surface area contributed by atoms with Crippen LogP contribution in [0.1, 0.15) is 26.3 Å². The van der Waals surface area contributed by atoms with Crippen molar-refractivity contribution in [2.75, 3.05) is 13.2 Å². The topological polar surface area (TPSA) is 70.3 Å². The van der Waals surface area contributed by atoms with Gasteiger partial charge in [0.25, 0.3) is 5.19 Å². The molecule has 0 amide bonds. The Morgan fingerprint density at radius 2 is 1.88 bits per heavy atom. The van der Waals surface area contributed by atoms with Gasteiger partial charge < -0.3 is 15.2 Å². The molecule has 0 saturated heterocycles. The Morgan fingerprint density at radius 1 is 1.12 bits per heavy atom. The molecule has 0 aliphatic heterocycles. The van der Waals surface area contributed by atoms with Crippen LogP contribution < -0.4 is 15.2 Å². The van der Waals surface area contributed by atoms with E-state index < -0.39 is 0 Å². The molecule has 0 aliphatic carbocycles. The zero-order valence-electron chi connectivity index (χ0n) is 14.7. The number of nitrogens with zero attached hydrogens (tertiary/aromatic N) is 2. The second-order valence-electron chi connectivity index (χ2n) is 6.99. The second kappa shape index (κ2) is 7.37. The molecule has 132 valence electrons. The van der Waals surface area contributed by atoms with E-state index in [0.717, 1.165) is 21.5 Å². The minimum absolute atomic E-state index is 0.0322. The summed E-state index contributed by atoms with van der Waals surface area (Å²) >= 11 is 1.52. The predicted octanol–water partition coefficient (Wildman–Crippen LogP) is 3.77. The lowest BCUT2D eigenvalue weighted by Crippen LogP contribution is -2.34. The number of aromatic nitrogens is 2. The van der Waals surface area contributed by atoms with Crippen molar-refractivity contribution >= 4 is 21.6 Å². The van der Waals surface area contributed by atoms with Gasteiger partial charge in [-0.15, -0.1) is 0 Å². The minimum atomic E-state index is -0.245. The number of ether oxygens (including phenoxy) is 2. The third kappa shape index (κ3) is 4.67. The van der Waals surface area contributed by atoms with Crippen LogP contribution in [0, 0.1) is 0 Å². The molecule has 1 atom stereocenters. The Hall–Kier alpha value is -2.18. The van der Waals surface area contributed by atoms with Gasteiger partial charge in [-0.05, 0) is 29.2 Å². The highest BCUT2D eigenvalue weighted by molar-refractivity contribution is 7.20. The van der Waals surface area contributed by atoms with Crippen LogP contribution in [-0.4, -0.2) is 29.2 Å². The van der Waals surface area contributed by atoms with Gasteiger partial charge in [-0.3, -0.25) is 4.98 Å². The average Bonchev–Trinajstić information content (AvgIpc) is 3.00. The normalized spacial score (nSPS) is 13.0. The summed E-state index contributed by atoms with van der Waals surface area (Å²) in [6.07, 6.45) is 3.57. The first-order valence-corrected chi connectivity index (χ1v) is 9.06. The molecule has 6 heteroatoms. The van der Waals surface area contributed by atoms with E-state index in [1.54, 1.807) is 6.20 Å². The number of rotatable bonds is 6. The van der Waals surface area contributed by atoms with Crippen molar-refractivity contribution in [3.63, 3.8) is 0 Å².